The van der Waals surface area contributed by atoms with E-state index in [0.717, 1.165) is 16.9 Å². The summed E-state index contributed by atoms with van der Waals surface area (Å²) >= 11 is 2.79. The zero-order valence-electron chi connectivity index (χ0n) is 21.5. The molecular formula is C27H27N7O3S2. The number of aryl methyl sites for hydroxylation is 2. The van der Waals surface area contributed by atoms with E-state index in [4.69, 9.17) is 15.1 Å². The van der Waals surface area contributed by atoms with E-state index >= 15 is 0 Å². The molecule has 0 radical (unpaired) electrons. The van der Waals surface area contributed by atoms with E-state index in [0.29, 0.717) is 46.9 Å². The van der Waals surface area contributed by atoms with Gasteiger partial charge in [-0.25, -0.2) is 4.98 Å². The van der Waals surface area contributed by atoms with E-state index in [9.17, 15) is 9.59 Å². The van der Waals surface area contributed by atoms with Crippen LogP contribution in [0, 0.1) is 12.3 Å². The quantitative estimate of drug-likeness (QED) is 0.113. The standard InChI is InChI=1S/C27H27N7O3S2/c1-3-37-14-8-13-33-21(28)19(15-20-23(33)29-22-17(2)9-7-12-34(22)25(20)36)24(35)30-26-31-32-27(39-26)38-16-18-10-5-4-6-11-18/h4-7,9-12,15,28H,3,8,13-14,16H2,1-2H3,(H,30,31,35). The van der Waals surface area contributed by atoms with Gasteiger partial charge in [-0.1, -0.05) is 59.5 Å². The van der Waals surface area contributed by atoms with Gasteiger partial charge in [-0.2, -0.15) is 0 Å². The van der Waals surface area contributed by atoms with Crippen LogP contribution in [0.15, 0.2) is 63.9 Å². The summed E-state index contributed by atoms with van der Waals surface area (Å²) in [6.45, 7) is 5.23. The van der Waals surface area contributed by atoms with Gasteiger partial charge in [-0.05, 0) is 43.5 Å². The highest BCUT2D eigenvalue weighted by Crippen LogP contribution is 2.28. The number of nitrogens with zero attached hydrogens (tertiary/aromatic N) is 5. The van der Waals surface area contributed by atoms with Crippen LogP contribution in [0.3, 0.4) is 0 Å². The number of ether oxygens (including phenoxy) is 1. The summed E-state index contributed by atoms with van der Waals surface area (Å²) in [5.41, 5.74) is 2.59. The number of hydrogen-bond acceptors (Lipinski definition) is 9. The second kappa shape index (κ2) is 11.9. The van der Waals surface area contributed by atoms with Crippen LogP contribution in [0.2, 0.25) is 0 Å². The fraction of sp³-hybridized carbons (Fsp3) is 0.259. The molecule has 1 aromatic carbocycles. The molecule has 0 saturated heterocycles. The number of carbonyl (C=O) groups excluding carboxylic acids is 1. The molecule has 4 aromatic heterocycles. The first-order valence-electron chi connectivity index (χ1n) is 12.5. The third-order valence-electron chi connectivity index (χ3n) is 6.08. The number of amides is 1. The van der Waals surface area contributed by atoms with Crippen molar-refractivity contribution in [1.29, 1.82) is 5.41 Å². The van der Waals surface area contributed by atoms with Gasteiger partial charge in [0.15, 0.2) is 4.34 Å². The minimum Gasteiger partial charge on any atom is -0.382 e. The molecule has 1 amide bonds. The largest absolute Gasteiger partial charge is 0.382 e. The number of benzene rings is 1. The third kappa shape index (κ3) is 5.77. The van der Waals surface area contributed by atoms with Gasteiger partial charge in [0.05, 0.1) is 10.9 Å². The third-order valence-corrected chi connectivity index (χ3v) is 8.13. The highest BCUT2D eigenvalue weighted by Gasteiger charge is 2.19. The van der Waals surface area contributed by atoms with Crippen LogP contribution in [0.1, 0.15) is 34.8 Å². The molecule has 0 aliphatic heterocycles. The second-order valence-corrected chi connectivity index (χ2v) is 10.9. The Morgan fingerprint density at radius 3 is 2.77 bits per heavy atom. The zero-order chi connectivity index (χ0) is 27.4. The molecule has 0 atom stereocenters. The van der Waals surface area contributed by atoms with Gasteiger partial charge >= 0.3 is 0 Å². The predicted molar refractivity (Wildman–Crippen MR) is 153 cm³/mol. The summed E-state index contributed by atoms with van der Waals surface area (Å²) in [4.78, 5) is 31.6. The fourth-order valence-electron chi connectivity index (χ4n) is 4.16. The van der Waals surface area contributed by atoms with Gasteiger partial charge in [0.25, 0.3) is 11.5 Å². The van der Waals surface area contributed by atoms with Gasteiger partial charge in [0.1, 0.15) is 16.8 Å². The van der Waals surface area contributed by atoms with Crippen molar-refractivity contribution in [2.75, 3.05) is 18.5 Å². The van der Waals surface area contributed by atoms with Crippen molar-refractivity contribution in [2.45, 2.75) is 36.9 Å². The minimum absolute atomic E-state index is 0.0375. The van der Waals surface area contributed by atoms with Gasteiger partial charge in [0, 0.05) is 31.7 Å². The van der Waals surface area contributed by atoms with Crippen molar-refractivity contribution in [3.8, 4) is 0 Å². The number of anilines is 1. The molecule has 39 heavy (non-hydrogen) atoms. The maximum absolute atomic E-state index is 13.5. The lowest BCUT2D eigenvalue weighted by Gasteiger charge is -2.15. The fourth-order valence-corrected chi connectivity index (χ4v) is 5.86. The smallest absolute Gasteiger partial charge is 0.267 e. The molecule has 5 aromatic rings. The molecule has 0 aliphatic carbocycles. The Morgan fingerprint density at radius 2 is 1.97 bits per heavy atom. The number of pyridine rings is 2. The van der Waals surface area contributed by atoms with Crippen LogP contribution in [0.25, 0.3) is 16.7 Å². The molecule has 0 fully saturated rings. The SMILES string of the molecule is CCOCCCn1c(=N)c(C(=O)Nc2nnc(SCc3ccccc3)s2)cc2c(=O)n3cccc(C)c3nc21. The molecule has 0 bridgehead atoms. The predicted octanol–water partition coefficient (Wildman–Crippen LogP) is 4.26. The van der Waals surface area contributed by atoms with Gasteiger partial charge in [-0.15, -0.1) is 10.2 Å². The minimum atomic E-state index is -0.537. The molecule has 0 saturated carbocycles. The molecule has 200 valence electrons. The van der Waals surface area contributed by atoms with E-state index in [1.165, 1.54) is 33.6 Å². The molecule has 12 heteroatoms. The summed E-state index contributed by atoms with van der Waals surface area (Å²) in [5.74, 6) is 0.196. The van der Waals surface area contributed by atoms with Crippen LogP contribution >= 0.6 is 23.1 Å². The average molecular weight is 562 g/mol. The highest BCUT2D eigenvalue weighted by atomic mass is 32.2. The van der Waals surface area contributed by atoms with E-state index in [1.54, 1.807) is 16.8 Å². The number of fused-ring (bicyclic) bond motifs is 2. The first-order valence-corrected chi connectivity index (χ1v) is 14.3. The topological polar surface area (TPSA) is 127 Å². The van der Waals surface area contributed by atoms with Gasteiger partial charge < -0.3 is 9.30 Å². The van der Waals surface area contributed by atoms with E-state index in [1.807, 2.05) is 50.2 Å². The maximum Gasteiger partial charge on any atom is 0.267 e. The lowest BCUT2D eigenvalue weighted by molar-refractivity contribution is 0.102. The summed E-state index contributed by atoms with van der Waals surface area (Å²) in [6.07, 6.45) is 2.25. The summed E-state index contributed by atoms with van der Waals surface area (Å²) in [6, 6.07) is 15.1. The maximum atomic E-state index is 13.5. The van der Waals surface area contributed by atoms with Gasteiger partial charge in [-0.3, -0.25) is 24.7 Å². The van der Waals surface area contributed by atoms with Crippen LogP contribution < -0.4 is 16.4 Å². The molecule has 4 heterocycles. The van der Waals surface area contributed by atoms with Crippen molar-refractivity contribution in [3.05, 3.63) is 87.3 Å². The van der Waals surface area contributed by atoms with Crippen LogP contribution in [0.4, 0.5) is 5.13 Å². The van der Waals surface area contributed by atoms with Crippen LogP contribution in [-0.4, -0.2) is 43.3 Å². The number of hydrogen-bond donors (Lipinski definition) is 2. The number of nitrogens with one attached hydrogen (secondary N) is 2. The normalized spacial score (nSPS) is 11.3. The Kier molecular flexibility index (Phi) is 8.15. The van der Waals surface area contributed by atoms with Crippen molar-refractivity contribution in [1.82, 2.24) is 24.1 Å². The molecule has 0 unspecified atom stereocenters. The van der Waals surface area contributed by atoms with Crippen molar-refractivity contribution in [3.63, 3.8) is 0 Å². The zero-order valence-corrected chi connectivity index (χ0v) is 23.1. The first-order chi connectivity index (χ1) is 19.0. The summed E-state index contributed by atoms with van der Waals surface area (Å²) in [5, 5.41) is 20.5. The van der Waals surface area contributed by atoms with Crippen LogP contribution in [-0.2, 0) is 17.0 Å². The Hall–Kier alpha value is -3.87. The van der Waals surface area contributed by atoms with Crippen molar-refractivity contribution < 1.29 is 9.53 Å². The Labute approximate surface area is 232 Å². The molecule has 0 spiro atoms. The number of carbonyl (C=O) groups is 1. The molecule has 2 N–H and O–H groups in total. The van der Waals surface area contributed by atoms with Crippen molar-refractivity contribution >= 4 is 50.8 Å². The first kappa shape index (κ1) is 26.7. The molecular weight excluding hydrogens is 534 g/mol. The summed E-state index contributed by atoms with van der Waals surface area (Å²) < 4.78 is 9.26. The average Bonchev–Trinajstić information content (AvgIpc) is 3.39. The van der Waals surface area contributed by atoms with Gasteiger partial charge in [0.2, 0.25) is 5.13 Å². The Balaban J connectivity index is 1.48. The molecule has 0 aliphatic rings. The molecule has 10 nitrogen and oxygen atoms in total. The number of rotatable bonds is 10. The Morgan fingerprint density at radius 1 is 1.15 bits per heavy atom. The highest BCUT2D eigenvalue weighted by molar-refractivity contribution is 8.00. The summed E-state index contributed by atoms with van der Waals surface area (Å²) in [7, 11) is 0. The van der Waals surface area contributed by atoms with Crippen molar-refractivity contribution in [2.24, 2.45) is 0 Å². The number of aromatic nitrogens is 5. The van der Waals surface area contributed by atoms with Crippen LogP contribution in [0.5, 0.6) is 0 Å². The lowest BCUT2D eigenvalue weighted by atomic mass is 10.2. The second-order valence-electron chi connectivity index (χ2n) is 8.75. The monoisotopic (exact) mass is 561 g/mol. The van der Waals surface area contributed by atoms with E-state index in [2.05, 4.69) is 15.5 Å². The van der Waals surface area contributed by atoms with E-state index < -0.39 is 5.91 Å². The lowest BCUT2D eigenvalue weighted by Crippen LogP contribution is -2.32. The molecule has 5 rings (SSSR count). The van der Waals surface area contributed by atoms with E-state index in [-0.39, 0.29) is 22.0 Å². The Bertz CT molecular complexity index is 1760. The number of thioether (sulfide) groups is 1.